The predicted molar refractivity (Wildman–Crippen MR) is 98.2 cm³/mol. The van der Waals surface area contributed by atoms with Crippen molar-refractivity contribution in [1.82, 2.24) is 0 Å². The normalized spacial score (nSPS) is 19.6. The van der Waals surface area contributed by atoms with Gasteiger partial charge in [-0.3, -0.25) is 0 Å². The van der Waals surface area contributed by atoms with Crippen LogP contribution in [0.1, 0.15) is 44.1 Å². The molecule has 4 nitrogen and oxygen atoms in total. The molecule has 2 aliphatic rings. The second-order valence-corrected chi connectivity index (χ2v) is 7.02. The van der Waals surface area contributed by atoms with Crippen molar-refractivity contribution < 1.29 is 5.11 Å². The Morgan fingerprint density at radius 3 is 2.71 bits per heavy atom. The third kappa shape index (κ3) is 4.10. The number of nitriles is 1. The molecule has 0 bridgehead atoms. The third-order valence-corrected chi connectivity index (χ3v) is 5.15. The van der Waals surface area contributed by atoms with E-state index < -0.39 is 0 Å². The van der Waals surface area contributed by atoms with Gasteiger partial charge >= 0.3 is 0 Å². The summed E-state index contributed by atoms with van der Waals surface area (Å²) in [5.41, 5.74) is 2.74. The first kappa shape index (κ1) is 16.9. The number of anilines is 2. The predicted octanol–water partition coefficient (Wildman–Crippen LogP) is 3.68. The average Bonchev–Trinajstić information content (AvgIpc) is 3.44. The maximum atomic E-state index is 9.66. The Kier molecular flexibility index (Phi) is 5.42. The lowest BCUT2D eigenvalue weighted by Gasteiger charge is -2.32. The molecule has 1 aliphatic carbocycles. The standard InChI is InChI=1S/C20H27N3O/c1-2-3-4-19(15-5-6-15)22-17-7-8-20(16(13-17)14-21)23-11-9-18(24)10-12-23/h2,7-8,13,15,18-19,22,24H,1,3-6,9-12H2. The van der Waals surface area contributed by atoms with Crippen LogP contribution in [0.5, 0.6) is 0 Å². The van der Waals surface area contributed by atoms with Gasteiger partial charge in [-0.2, -0.15) is 5.26 Å². The van der Waals surface area contributed by atoms with Gasteiger partial charge in [0.1, 0.15) is 6.07 Å². The Morgan fingerprint density at radius 2 is 2.08 bits per heavy atom. The minimum absolute atomic E-state index is 0.197. The van der Waals surface area contributed by atoms with Gasteiger partial charge in [-0.15, -0.1) is 6.58 Å². The molecule has 24 heavy (non-hydrogen) atoms. The first-order chi connectivity index (χ1) is 11.7. The summed E-state index contributed by atoms with van der Waals surface area (Å²) in [4.78, 5) is 2.21. The van der Waals surface area contributed by atoms with Gasteiger partial charge in [-0.25, -0.2) is 0 Å². The number of benzene rings is 1. The first-order valence-corrected chi connectivity index (χ1v) is 9.06. The van der Waals surface area contributed by atoms with E-state index in [2.05, 4.69) is 35.0 Å². The molecule has 1 unspecified atom stereocenters. The van der Waals surface area contributed by atoms with Crippen LogP contribution in [0.3, 0.4) is 0 Å². The Morgan fingerprint density at radius 1 is 1.33 bits per heavy atom. The molecule has 1 saturated heterocycles. The van der Waals surface area contributed by atoms with Crippen molar-refractivity contribution in [3.63, 3.8) is 0 Å². The Labute approximate surface area is 144 Å². The van der Waals surface area contributed by atoms with E-state index in [-0.39, 0.29) is 6.10 Å². The molecule has 1 aromatic carbocycles. The van der Waals surface area contributed by atoms with Crippen LogP contribution < -0.4 is 10.2 Å². The molecule has 1 aliphatic heterocycles. The van der Waals surface area contributed by atoms with Gasteiger partial charge in [-0.1, -0.05) is 6.08 Å². The summed E-state index contributed by atoms with van der Waals surface area (Å²) in [5.74, 6) is 0.763. The molecular formula is C20H27N3O. The molecule has 1 atom stereocenters. The van der Waals surface area contributed by atoms with Gasteiger partial charge in [0, 0.05) is 24.8 Å². The van der Waals surface area contributed by atoms with Crippen LogP contribution in [0, 0.1) is 17.2 Å². The molecule has 0 aromatic heterocycles. The fourth-order valence-electron chi connectivity index (χ4n) is 3.53. The highest BCUT2D eigenvalue weighted by molar-refractivity contribution is 5.66. The van der Waals surface area contributed by atoms with E-state index in [4.69, 9.17) is 0 Å². The molecule has 3 rings (SSSR count). The van der Waals surface area contributed by atoms with Gasteiger partial charge in [0.15, 0.2) is 0 Å². The molecule has 0 amide bonds. The zero-order valence-electron chi connectivity index (χ0n) is 14.2. The highest BCUT2D eigenvalue weighted by Crippen LogP contribution is 2.37. The lowest BCUT2D eigenvalue weighted by atomic mass is 10.0. The van der Waals surface area contributed by atoms with E-state index in [1.165, 1.54) is 12.8 Å². The molecule has 1 heterocycles. The first-order valence-electron chi connectivity index (χ1n) is 9.06. The Bertz CT molecular complexity index is 610. The summed E-state index contributed by atoms with van der Waals surface area (Å²) in [7, 11) is 0. The van der Waals surface area contributed by atoms with Crippen molar-refractivity contribution in [3.8, 4) is 6.07 Å². The van der Waals surface area contributed by atoms with Crippen LogP contribution in [0.15, 0.2) is 30.9 Å². The monoisotopic (exact) mass is 325 g/mol. The van der Waals surface area contributed by atoms with Gasteiger partial charge in [0.05, 0.1) is 17.4 Å². The minimum Gasteiger partial charge on any atom is -0.393 e. The van der Waals surface area contributed by atoms with Crippen LogP contribution in [-0.2, 0) is 0 Å². The van der Waals surface area contributed by atoms with E-state index >= 15 is 0 Å². The SMILES string of the molecule is C=CCCC(Nc1ccc(N2CCC(O)CC2)c(C#N)c1)C1CC1. The van der Waals surface area contributed by atoms with E-state index in [0.29, 0.717) is 6.04 Å². The summed E-state index contributed by atoms with van der Waals surface area (Å²) >= 11 is 0. The number of aliphatic hydroxyl groups is 1. The van der Waals surface area contributed by atoms with E-state index in [0.717, 1.165) is 61.6 Å². The zero-order valence-corrected chi connectivity index (χ0v) is 14.2. The minimum atomic E-state index is -0.197. The number of piperidine rings is 1. The fraction of sp³-hybridized carbons (Fsp3) is 0.550. The highest BCUT2D eigenvalue weighted by Gasteiger charge is 2.30. The number of hydrogen-bond acceptors (Lipinski definition) is 4. The Balaban J connectivity index is 1.71. The lowest BCUT2D eigenvalue weighted by Crippen LogP contribution is -2.36. The van der Waals surface area contributed by atoms with Crippen molar-refractivity contribution in [2.75, 3.05) is 23.3 Å². The van der Waals surface area contributed by atoms with Crippen LogP contribution >= 0.6 is 0 Å². The van der Waals surface area contributed by atoms with Gasteiger partial charge < -0.3 is 15.3 Å². The molecule has 2 fully saturated rings. The van der Waals surface area contributed by atoms with E-state index in [9.17, 15) is 10.4 Å². The number of allylic oxidation sites excluding steroid dienone is 1. The van der Waals surface area contributed by atoms with Crippen molar-refractivity contribution >= 4 is 11.4 Å². The number of nitrogens with zero attached hydrogens (tertiary/aromatic N) is 2. The van der Waals surface area contributed by atoms with Crippen LogP contribution in [0.25, 0.3) is 0 Å². The second-order valence-electron chi connectivity index (χ2n) is 7.02. The van der Waals surface area contributed by atoms with E-state index in [1.807, 2.05) is 12.1 Å². The molecule has 1 saturated carbocycles. The van der Waals surface area contributed by atoms with Gasteiger partial charge in [0.2, 0.25) is 0 Å². The molecule has 1 aromatic rings. The third-order valence-electron chi connectivity index (χ3n) is 5.15. The maximum Gasteiger partial charge on any atom is 0.101 e. The molecule has 2 N–H and O–H groups in total. The quantitative estimate of drug-likeness (QED) is 0.751. The van der Waals surface area contributed by atoms with Crippen LogP contribution in [0.4, 0.5) is 11.4 Å². The number of aliphatic hydroxyl groups excluding tert-OH is 1. The summed E-state index contributed by atoms with van der Waals surface area (Å²) in [6.45, 7) is 5.45. The smallest absolute Gasteiger partial charge is 0.101 e. The summed E-state index contributed by atoms with van der Waals surface area (Å²) in [6, 6.07) is 8.94. The highest BCUT2D eigenvalue weighted by atomic mass is 16.3. The summed E-state index contributed by atoms with van der Waals surface area (Å²) in [6.07, 6.45) is 8.05. The average molecular weight is 325 g/mol. The summed E-state index contributed by atoms with van der Waals surface area (Å²) in [5, 5.41) is 22.8. The van der Waals surface area contributed by atoms with Crippen LogP contribution in [0.2, 0.25) is 0 Å². The molecule has 0 spiro atoms. The largest absolute Gasteiger partial charge is 0.393 e. The molecule has 128 valence electrons. The summed E-state index contributed by atoms with van der Waals surface area (Å²) < 4.78 is 0. The van der Waals surface area contributed by atoms with Gasteiger partial charge in [0.25, 0.3) is 0 Å². The number of rotatable bonds is 7. The van der Waals surface area contributed by atoms with Crippen molar-refractivity contribution in [1.29, 1.82) is 5.26 Å². The topological polar surface area (TPSA) is 59.3 Å². The maximum absolute atomic E-state index is 9.66. The van der Waals surface area contributed by atoms with Crippen molar-refractivity contribution in [2.24, 2.45) is 5.92 Å². The lowest BCUT2D eigenvalue weighted by molar-refractivity contribution is 0.145. The Hall–Kier alpha value is -1.99. The van der Waals surface area contributed by atoms with Crippen LogP contribution in [-0.4, -0.2) is 30.3 Å². The molecule has 0 radical (unpaired) electrons. The molecule has 4 heteroatoms. The zero-order chi connectivity index (χ0) is 16.9. The van der Waals surface area contributed by atoms with Crippen molar-refractivity contribution in [3.05, 3.63) is 36.4 Å². The van der Waals surface area contributed by atoms with Gasteiger partial charge in [-0.05, 0) is 62.6 Å². The van der Waals surface area contributed by atoms with Crippen molar-refractivity contribution in [2.45, 2.75) is 50.7 Å². The number of nitrogens with one attached hydrogen (secondary N) is 1. The molecular weight excluding hydrogens is 298 g/mol. The fourth-order valence-corrected chi connectivity index (χ4v) is 3.53. The van der Waals surface area contributed by atoms with E-state index in [1.54, 1.807) is 0 Å². The number of hydrogen-bond donors (Lipinski definition) is 2. The second kappa shape index (κ2) is 7.72.